The zero-order valence-corrected chi connectivity index (χ0v) is 13.9. The van der Waals surface area contributed by atoms with Crippen LogP contribution in [0.15, 0.2) is 18.2 Å². The average Bonchev–Trinajstić information content (AvgIpc) is 2.84. The van der Waals surface area contributed by atoms with E-state index in [1.165, 1.54) is 0 Å². The third-order valence-corrected chi connectivity index (χ3v) is 4.90. The van der Waals surface area contributed by atoms with Crippen LogP contribution in [0.4, 0.5) is 0 Å². The first kappa shape index (κ1) is 16.5. The molecule has 7 heteroatoms. The number of thiazole rings is 1. The smallest absolute Gasteiger partial charge is 0.347 e. The molecule has 2 aromatic rings. The van der Waals surface area contributed by atoms with Crippen molar-refractivity contribution in [3.8, 4) is 0 Å². The third-order valence-electron chi connectivity index (χ3n) is 3.15. The molecule has 0 aliphatic heterocycles. The monoisotopic (exact) mass is 338 g/mol. The van der Waals surface area contributed by atoms with Crippen LogP contribution < -0.4 is 5.32 Å². The Balaban J connectivity index is 2.15. The number of carbonyl (C=O) groups is 2. The van der Waals surface area contributed by atoms with Gasteiger partial charge < -0.3 is 10.4 Å². The quantitative estimate of drug-likeness (QED) is 0.892. The molecule has 0 saturated carbocycles. The lowest BCUT2D eigenvalue weighted by Crippen LogP contribution is -2.26. The van der Waals surface area contributed by atoms with Crippen LogP contribution in [0, 0.1) is 13.8 Å². The fourth-order valence-electron chi connectivity index (χ4n) is 1.93. The molecule has 0 saturated heterocycles. The van der Waals surface area contributed by atoms with E-state index in [1.54, 1.807) is 32.0 Å². The van der Waals surface area contributed by atoms with Crippen LogP contribution in [0.25, 0.3) is 0 Å². The van der Waals surface area contributed by atoms with E-state index in [1.807, 2.05) is 6.92 Å². The molecule has 1 unspecified atom stereocenters. The molecule has 0 bridgehead atoms. The summed E-state index contributed by atoms with van der Waals surface area (Å²) in [6.07, 6.45) is 0. The van der Waals surface area contributed by atoms with Gasteiger partial charge in [-0.05, 0) is 44.5 Å². The van der Waals surface area contributed by atoms with Crippen molar-refractivity contribution in [3.63, 3.8) is 0 Å². The molecule has 116 valence electrons. The van der Waals surface area contributed by atoms with E-state index in [0.29, 0.717) is 21.3 Å². The number of aromatic nitrogens is 1. The lowest BCUT2D eigenvalue weighted by molar-refractivity contribution is 0.0701. The number of amides is 1. The standard InChI is InChI=1S/C15H15ClN2O3S/c1-7-6-10(4-5-11(7)16)13(19)17-9(3)14-18-8(2)12(22-14)15(20)21/h4-6,9H,1-3H3,(H,17,19)(H,20,21). The molecule has 1 atom stereocenters. The van der Waals surface area contributed by atoms with Crippen molar-refractivity contribution >= 4 is 34.8 Å². The highest BCUT2D eigenvalue weighted by atomic mass is 35.5. The van der Waals surface area contributed by atoms with Gasteiger partial charge in [-0.1, -0.05) is 11.6 Å². The van der Waals surface area contributed by atoms with E-state index in [-0.39, 0.29) is 16.8 Å². The molecule has 2 rings (SSSR count). The minimum atomic E-state index is -1.01. The zero-order chi connectivity index (χ0) is 16.4. The number of carbonyl (C=O) groups excluding carboxylic acids is 1. The number of nitrogens with one attached hydrogen (secondary N) is 1. The molecule has 1 heterocycles. The van der Waals surface area contributed by atoms with Crippen LogP contribution in [-0.4, -0.2) is 22.0 Å². The Labute approximate surface area is 137 Å². The van der Waals surface area contributed by atoms with Gasteiger partial charge in [-0.25, -0.2) is 9.78 Å². The van der Waals surface area contributed by atoms with Crippen molar-refractivity contribution in [1.82, 2.24) is 10.3 Å². The molecule has 22 heavy (non-hydrogen) atoms. The predicted molar refractivity (Wildman–Crippen MR) is 85.9 cm³/mol. The first-order valence-electron chi connectivity index (χ1n) is 6.57. The van der Waals surface area contributed by atoms with Crippen LogP contribution in [-0.2, 0) is 0 Å². The lowest BCUT2D eigenvalue weighted by atomic mass is 10.1. The average molecular weight is 339 g/mol. The van der Waals surface area contributed by atoms with Crippen LogP contribution in [0.3, 0.4) is 0 Å². The van der Waals surface area contributed by atoms with E-state index in [0.717, 1.165) is 16.9 Å². The number of rotatable bonds is 4. The molecule has 0 aliphatic rings. The first-order valence-corrected chi connectivity index (χ1v) is 7.76. The largest absolute Gasteiger partial charge is 0.477 e. The Kier molecular flexibility index (Phi) is 4.83. The topological polar surface area (TPSA) is 79.3 Å². The van der Waals surface area contributed by atoms with Crippen molar-refractivity contribution in [2.24, 2.45) is 0 Å². The van der Waals surface area contributed by atoms with Gasteiger partial charge in [0.1, 0.15) is 9.88 Å². The predicted octanol–water partition coefficient (Wildman–Crippen LogP) is 3.60. The zero-order valence-electron chi connectivity index (χ0n) is 12.3. The second-order valence-electron chi connectivity index (χ2n) is 4.93. The van der Waals surface area contributed by atoms with Gasteiger partial charge in [-0.15, -0.1) is 11.3 Å². The van der Waals surface area contributed by atoms with Crippen LogP contribution >= 0.6 is 22.9 Å². The molecule has 5 nitrogen and oxygen atoms in total. The van der Waals surface area contributed by atoms with Crippen LogP contribution in [0.2, 0.25) is 5.02 Å². The van der Waals surface area contributed by atoms with Crippen molar-refractivity contribution in [3.05, 3.63) is 49.9 Å². The number of aryl methyl sites for hydroxylation is 2. The Hall–Kier alpha value is -1.92. The van der Waals surface area contributed by atoms with Crippen LogP contribution in [0.5, 0.6) is 0 Å². The molecule has 1 aromatic carbocycles. The molecule has 0 aliphatic carbocycles. The number of carboxylic acids is 1. The SMILES string of the molecule is Cc1cc(C(=O)NC(C)c2nc(C)c(C(=O)O)s2)ccc1Cl. The summed E-state index contributed by atoms with van der Waals surface area (Å²) in [4.78, 5) is 27.7. The summed E-state index contributed by atoms with van der Waals surface area (Å²) in [5, 5.41) is 13.0. The maximum Gasteiger partial charge on any atom is 0.347 e. The summed E-state index contributed by atoms with van der Waals surface area (Å²) in [7, 11) is 0. The number of halogens is 1. The highest BCUT2D eigenvalue weighted by molar-refractivity contribution is 7.13. The van der Waals surface area contributed by atoms with E-state index in [9.17, 15) is 9.59 Å². The molecule has 1 amide bonds. The summed E-state index contributed by atoms with van der Waals surface area (Å²) in [6.45, 7) is 5.23. The molecular formula is C15H15ClN2O3S. The number of benzene rings is 1. The maximum absolute atomic E-state index is 12.2. The Bertz CT molecular complexity index is 742. The van der Waals surface area contributed by atoms with Crippen LogP contribution in [0.1, 0.15) is 49.3 Å². The number of hydrogen-bond acceptors (Lipinski definition) is 4. The maximum atomic E-state index is 12.2. The number of nitrogens with zero attached hydrogens (tertiary/aromatic N) is 1. The van der Waals surface area contributed by atoms with E-state index < -0.39 is 5.97 Å². The van der Waals surface area contributed by atoms with Crippen molar-refractivity contribution in [2.75, 3.05) is 0 Å². The summed E-state index contributed by atoms with van der Waals surface area (Å²) >= 11 is 7.01. The fourth-order valence-corrected chi connectivity index (χ4v) is 2.95. The Morgan fingerprint density at radius 3 is 2.59 bits per heavy atom. The van der Waals surface area contributed by atoms with Gasteiger partial charge in [-0.3, -0.25) is 4.79 Å². The summed E-state index contributed by atoms with van der Waals surface area (Å²) < 4.78 is 0. The van der Waals surface area contributed by atoms with Crippen molar-refractivity contribution in [1.29, 1.82) is 0 Å². The van der Waals surface area contributed by atoms with Gasteiger partial charge in [0.25, 0.3) is 5.91 Å². The van der Waals surface area contributed by atoms with E-state index in [2.05, 4.69) is 10.3 Å². The van der Waals surface area contributed by atoms with Gasteiger partial charge in [0.05, 0.1) is 11.7 Å². The summed E-state index contributed by atoms with van der Waals surface area (Å²) in [5.41, 5.74) is 1.77. The molecule has 1 aromatic heterocycles. The Morgan fingerprint density at radius 2 is 2.05 bits per heavy atom. The molecule has 0 spiro atoms. The third kappa shape index (κ3) is 3.45. The summed E-state index contributed by atoms with van der Waals surface area (Å²) in [5.74, 6) is -1.26. The normalized spacial score (nSPS) is 12.0. The summed E-state index contributed by atoms with van der Waals surface area (Å²) in [6, 6.07) is 4.65. The second-order valence-corrected chi connectivity index (χ2v) is 6.37. The Morgan fingerprint density at radius 1 is 1.36 bits per heavy atom. The van der Waals surface area contributed by atoms with Gasteiger partial charge in [-0.2, -0.15) is 0 Å². The van der Waals surface area contributed by atoms with Gasteiger partial charge in [0.2, 0.25) is 0 Å². The number of carboxylic acid groups (broad SMARTS) is 1. The molecular weight excluding hydrogens is 324 g/mol. The minimum Gasteiger partial charge on any atom is -0.477 e. The van der Waals surface area contributed by atoms with Crippen molar-refractivity contribution < 1.29 is 14.7 Å². The first-order chi connectivity index (χ1) is 10.3. The number of hydrogen-bond donors (Lipinski definition) is 2. The molecule has 0 radical (unpaired) electrons. The van der Waals surface area contributed by atoms with Gasteiger partial charge >= 0.3 is 5.97 Å². The van der Waals surface area contributed by atoms with E-state index in [4.69, 9.17) is 16.7 Å². The highest BCUT2D eigenvalue weighted by Crippen LogP contribution is 2.24. The highest BCUT2D eigenvalue weighted by Gasteiger charge is 2.19. The fraction of sp³-hybridized carbons (Fsp3) is 0.267. The molecule has 0 fully saturated rings. The van der Waals surface area contributed by atoms with Gasteiger partial charge in [0.15, 0.2) is 0 Å². The van der Waals surface area contributed by atoms with Crippen molar-refractivity contribution in [2.45, 2.75) is 26.8 Å². The number of aromatic carboxylic acids is 1. The van der Waals surface area contributed by atoms with Gasteiger partial charge in [0, 0.05) is 10.6 Å². The minimum absolute atomic E-state index is 0.193. The second kappa shape index (κ2) is 6.46. The molecule has 2 N–H and O–H groups in total. The van der Waals surface area contributed by atoms with E-state index >= 15 is 0 Å². The lowest BCUT2D eigenvalue weighted by Gasteiger charge is -2.12.